The Bertz CT molecular complexity index is 1310. The molecule has 4 rings (SSSR count). The summed E-state index contributed by atoms with van der Waals surface area (Å²) in [5, 5.41) is 1.34. The van der Waals surface area contributed by atoms with Gasteiger partial charge in [-0.25, -0.2) is 4.79 Å². The molecule has 5 nitrogen and oxygen atoms in total. The average molecular weight is 435 g/mol. The largest absolute Gasteiger partial charge is 0.497 e. The van der Waals surface area contributed by atoms with Crippen molar-refractivity contribution < 1.29 is 18.7 Å². The van der Waals surface area contributed by atoms with E-state index in [0.29, 0.717) is 27.5 Å². The second-order valence-corrected chi connectivity index (χ2v) is 7.43. The summed E-state index contributed by atoms with van der Waals surface area (Å²) in [6.45, 7) is 1.65. The molecule has 0 unspecified atom stereocenters. The number of aryl methyl sites for hydroxylation is 1. The fourth-order valence-corrected chi connectivity index (χ4v) is 3.50. The first-order valence-corrected chi connectivity index (χ1v) is 9.97. The van der Waals surface area contributed by atoms with Gasteiger partial charge >= 0.3 is 5.63 Å². The predicted molar refractivity (Wildman–Crippen MR) is 120 cm³/mol. The molecule has 0 aliphatic heterocycles. The summed E-state index contributed by atoms with van der Waals surface area (Å²) in [4.78, 5) is 24.6. The van der Waals surface area contributed by atoms with E-state index in [1.165, 1.54) is 6.07 Å². The Morgan fingerprint density at radius 1 is 1.00 bits per heavy atom. The minimum Gasteiger partial charge on any atom is -0.497 e. The van der Waals surface area contributed by atoms with Gasteiger partial charge in [-0.2, -0.15) is 0 Å². The molecule has 156 valence electrons. The molecule has 0 radical (unpaired) electrons. The number of rotatable bonds is 6. The third-order valence-corrected chi connectivity index (χ3v) is 5.29. The van der Waals surface area contributed by atoms with E-state index in [0.717, 1.165) is 22.3 Å². The molecule has 0 fully saturated rings. The number of hydrogen-bond donors (Lipinski definition) is 0. The number of ether oxygens (including phenoxy) is 2. The second-order valence-electron chi connectivity index (χ2n) is 6.99. The zero-order valence-corrected chi connectivity index (χ0v) is 17.7. The average Bonchev–Trinajstić information content (AvgIpc) is 2.79. The smallest absolute Gasteiger partial charge is 0.336 e. The Labute approximate surface area is 183 Å². The Morgan fingerprint density at radius 2 is 1.71 bits per heavy atom. The number of benzene rings is 3. The highest BCUT2D eigenvalue weighted by molar-refractivity contribution is 6.30. The highest BCUT2D eigenvalue weighted by Crippen LogP contribution is 2.33. The lowest BCUT2D eigenvalue weighted by atomic mass is 10.00. The van der Waals surface area contributed by atoms with E-state index < -0.39 is 5.63 Å². The Balaban J connectivity index is 1.66. The van der Waals surface area contributed by atoms with Crippen LogP contribution in [-0.4, -0.2) is 19.5 Å². The van der Waals surface area contributed by atoms with Gasteiger partial charge in [0.25, 0.3) is 0 Å². The maximum Gasteiger partial charge on any atom is 0.336 e. The summed E-state index contributed by atoms with van der Waals surface area (Å²) in [6.07, 6.45) is 0. The molecule has 6 heteroatoms. The van der Waals surface area contributed by atoms with Crippen LogP contribution in [0.5, 0.6) is 11.5 Å². The number of carbonyl (C=O) groups excluding carboxylic acids is 1. The number of ketones is 1. The molecular weight excluding hydrogens is 416 g/mol. The Kier molecular flexibility index (Phi) is 5.78. The van der Waals surface area contributed by atoms with Crippen molar-refractivity contribution in [2.45, 2.75) is 6.92 Å². The molecule has 0 amide bonds. The molecule has 3 aromatic carbocycles. The molecule has 1 aromatic heterocycles. The van der Waals surface area contributed by atoms with Crippen LogP contribution in [-0.2, 0) is 0 Å². The van der Waals surface area contributed by atoms with Crippen molar-refractivity contribution in [1.82, 2.24) is 0 Å². The van der Waals surface area contributed by atoms with Gasteiger partial charge in [0, 0.05) is 27.6 Å². The Hall–Kier alpha value is -3.57. The van der Waals surface area contributed by atoms with Crippen molar-refractivity contribution in [3.63, 3.8) is 0 Å². The monoisotopic (exact) mass is 434 g/mol. The van der Waals surface area contributed by atoms with Crippen LogP contribution in [0.15, 0.2) is 75.9 Å². The van der Waals surface area contributed by atoms with Crippen molar-refractivity contribution in [2.24, 2.45) is 0 Å². The van der Waals surface area contributed by atoms with Crippen LogP contribution < -0.4 is 15.1 Å². The number of methoxy groups -OCH3 is 1. The molecule has 0 spiro atoms. The molecule has 1 heterocycles. The lowest BCUT2D eigenvalue weighted by Crippen LogP contribution is -2.12. The van der Waals surface area contributed by atoms with Crippen LogP contribution in [0.3, 0.4) is 0 Å². The first kappa shape index (κ1) is 20.7. The summed E-state index contributed by atoms with van der Waals surface area (Å²) < 4.78 is 16.4. The maximum atomic E-state index is 12.4. The second kappa shape index (κ2) is 8.66. The van der Waals surface area contributed by atoms with E-state index in [4.69, 9.17) is 25.5 Å². The maximum absolute atomic E-state index is 12.4. The van der Waals surface area contributed by atoms with E-state index in [1.54, 1.807) is 44.4 Å². The zero-order valence-electron chi connectivity index (χ0n) is 17.0. The summed E-state index contributed by atoms with van der Waals surface area (Å²) in [5.74, 6) is 1.03. The Morgan fingerprint density at radius 3 is 2.39 bits per heavy atom. The summed E-state index contributed by atoms with van der Waals surface area (Å²) in [5.41, 5.74) is 2.74. The van der Waals surface area contributed by atoms with Gasteiger partial charge in [-0.3, -0.25) is 4.79 Å². The third-order valence-electron chi connectivity index (χ3n) is 5.04. The molecule has 0 saturated carbocycles. The van der Waals surface area contributed by atoms with Gasteiger partial charge in [0.15, 0.2) is 12.4 Å². The van der Waals surface area contributed by atoms with Gasteiger partial charge in [-0.1, -0.05) is 23.7 Å². The van der Waals surface area contributed by atoms with Crippen molar-refractivity contribution in [2.75, 3.05) is 13.7 Å². The van der Waals surface area contributed by atoms with E-state index in [2.05, 4.69) is 0 Å². The molecule has 31 heavy (non-hydrogen) atoms. The van der Waals surface area contributed by atoms with Crippen molar-refractivity contribution >= 4 is 28.4 Å². The van der Waals surface area contributed by atoms with Gasteiger partial charge in [0.2, 0.25) is 0 Å². The SMILES string of the molecule is COc1ccc(-c2cc(=O)oc3c(C)c(OCC(=O)c4ccc(Cl)cc4)ccc23)cc1. The van der Waals surface area contributed by atoms with Crippen molar-refractivity contribution in [3.05, 3.63) is 93.3 Å². The molecule has 0 bridgehead atoms. The number of hydrogen-bond acceptors (Lipinski definition) is 5. The van der Waals surface area contributed by atoms with Gasteiger partial charge in [0.05, 0.1) is 7.11 Å². The summed E-state index contributed by atoms with van der Waals surface area (Å²) >= 11 is 5.87. The molecule has 0 aliphatic rings. The minimum absolute atomic E-state index is 0.142. The fourth-order valence-electron chi connectivity index (χ4n) is 3.37. The van der Waals surface area contributed by atoms with Gasteiger partial charge in [-0.05, 0) is 66.6 Å². The first-order valence-electron chi connectivity index (χ1n) is 9.59. The van der Waals surface area contributed by atoms with Crippen LogP contribution in [0.2, 0.25) is 5.02 Å². The predicted octanol–water partition coefficient (Wildman–Crippen LogP) is 5.69. The quantitative estimate of drug-likeness (QED) is 0.288. The zero-order chi connectivity index (χ0) is 22.0. The van der Waals surface area contributed by atoms with Crippen molar-refractivity contribution in [3.8, 4) is 22.6 Å². The van der Waals surface area contributed by atoms with E-state index in [9.17, 15) is 9.59 Å². The van der Waals surface area contributed by atoms with Crippen molar-refractivity contribution in [1.29, 1.82) is 0 Å². The van der Waals surface area contributed by atoms with Crippen LogP contribution in [0.25, 0.3) is 22.1 Å². The first-order chi connectivity index (χ1) is 15.0. The lowest BCUT2D eigenvalue weighted by Gasteiger charge is -2.12. The van der Waals surface area contributed by atoms with Crippen LogP contribution in [0, 0.1) is 6.92 Å². The molecule has 0 N–H and O–H groups in total. The molecule has 0 atom stereocenters. The van der Waals surface area contributed by atoms with Crippen LogP contribution in [0.1, 0.15) is 15.9 Å². The highest BCUT2D eigenvalue weighted by atomic mass is 35.5. The number of halogens is 1. The fraction of sp³-hybridized carbons (Fsp3) is 0.120. The molecule has 0 saturated heterocycles. The molecule has 0 aliphatic carbocycles. The summed E-state index contributed by atoms with van der Waals surface area (Å²) in [6, 6.07) is 19.1. The molecule has 4 aromatic rings. The highest BCUT2D eigenvalue weighted by Gasteiger charge is 2.15. The minimum atomic E-state index is -0.462. The van der Waals surface area contributed by atoms with Crippen LogP contribution >= 0.6 is 11.6 Å². The summed E-state index contributed by atoms with van der Waals surface area (Å²) in [7, 11) is 1.60. The van der Waals surface area contributed by atoms with E-state index >= 15 is 0 Å². The van der Waals surface area contributed by atoms with Gasteiger partial charge < -0.3 is 13.9 Å². The lowest BCUT2D eigenvalue weighted by molar-refractivity contribution is 0.0921. The normalized spacial score (nSPS) is 10.8. The van der Waals surface area contributed by atoms with Crippen LogP contribution in [0.4, 0.5) is 0 Å². The van der Waals surface area contributed by atoms with Gasteiger partial charge in [0.1, 0.15) is 17.1 Å². The number of Topliss-reactive ketones (excluding diaryl/α,β-unsaturated/α-hetero) is 1. The van der Waals surface area contributed by atoms with Gasteiger partial charge in [-0.15, -0.1) is 0 Å². The standard InChI is InChI=1S/C25H19ClO5/c1-15-23(30-14-22(27)17-3-7-18(26)8-4-17)12-11-20-21(13-24(28)31-25(15)20)16-5-9-19(29-2)10-6-16/h3-13H,14H2,1-2H3. The van der Waals surface area contributed by atoms with E-state index in [1.807, 2.05) is 30.3 Å². The number of fused-ring (bicyclic) bond motifs is 1. The number of carbonyl (C=O) groups is 1. The molecular formula is C25H19ClO5. The third kappa shape index (κ3) is 4.32. The van der Waals surface area contributed by atoms with E-state index in [-0.39, 0.29) is 12.4 Å². The topological polar surface area (TPSA) is 65.7 Å².